The summed E-state index contributed by atoms with van der Waals surface area (Å²) in [6, 6.07) is 8.32. The molecule has 4 heterocycles. The highest BCUT2D eigenvalue weighted by atomic mass is 32.2. The van der Waals surface area contributed by atoms with Crippen molar-refractivity contribution in [1.82, 2.24) is 34.6 Å². The topological polar surface area (TPSA) is 73.8 Å². The zero-order chi connectivity index (χ0) is 17.7. The Kier molecular flexibility index (Phi) is 3.50. The van der Waals surface area contributed by atoms with Crippen molar-refractivity contribution in [2.75, 3.05) is 0 Å². The van der Waals surface area contributed by atoms with Crippen molar-refractivity contribution in [3.8, 4) is 11.1 Å². The lowest BCUT2D eigenvalue weighted by molar-refractivity contribution is 0.768. The molecule has 0 bridgehead atoms. The molecule has 0 atom stereocenters. The zero-order valence-corrected chi connectivity index (χ0v) is 15.6. The van der Waals surface area contributed by atoms with Crippen molar-refractivity contribution in [1.29, 1.82) is 0 Å². The number of pyridine rings is 1. The van der Waals surface area contributed by atoms with Crippen molar-refractivity contribution in [3.63, 3.8) is 0 Å². The molecule has 0 unspecified atom stereocenters. The third-order valence-electron chi connectivity index (χ3n) is 3.96. The quantitative estimate of drug-likeness (QED) is 0.477. The van der Waals surface area contributed by atoms with Crippen molar-refractivity contribution < 1.29 is 0 Å². The first-order valence-electron chi connectivity index (χ1n) is 7.91. The second kappa shape index (κ2) is 5.89. The van der Waals surface area contributed by atoms with E-state index in [2.05, 4.69) is 37.5 Å². The van der Waals surface area contributed by atoms with Gasteiger partial charge in [0.2, 0.25) is 10.1 Å². The molecule has 5 aromatic rings. The monoisotopic (exact) mass is 379 g/mol. The molecule has 9 heteroatoms. The molecular formula is C17H13N7S2. The Morgan fingerprint density at radius 2 is 2.00 bits per heavy atom. The lowest BCUT2D eigenvalue weighted by atomic mass is 10.1. The van der Waals surface area contributed by atoms with Gasteiger partial charge in [-0.05, 0) is 43.0 Å². The maximum Gasteiger partial charge on any atom is 0.235 e. The van der Waals surface area contributed by atoms with Gasteiger partial charge in [-0.1, -0.05) is 11.3 Å². The molecule has 0 aliphatic heterocycles. The first-order valence-corrected chi connectivity index (χ1v) is 9.54. The predicted octanol–water partition coefficient (Wildman–Crippen LogP) is 3.59. The van der Waals surface area contributed by atoms with Crippen LogP contribution < -0.4 is 0 Å². The number of aromatic nitrogens is 7. The third-order valence-corrected chi connectivity index (χ3v) is 5.70. The fraction of sp³-hybridized carbons (Fsp3) is 0.118. The molecule has 7 nitrogen and oxygen atoms in total. The van der Waals surface area contributed by atoms with E-state index in [0.717, 1.165) is 42.1 Å². The van der Waals surface area contributed by atoms with Gasteiger partial charge in [0, 0.05) is 40.8 Å². The third kappa shape index (κ3) is 2.65. The minimum Gasteiger partial charge on any atom is -0.275 e. The van der Waals surface area contributed by atoms with E-state index in [4.69, 9.17) is 0 Å². The molecule has 0 fully saturated rings. The maximum atomic E-state index is 4.57. The van der Waals surface area contributed by atoms with Crippen molar-refractivity contribution in [3.05, 3.63) is 47.9 Å². The van der Waals surface area contributed by atoms with E-state index in [1.165, 1.54) is 11.3 Å². The van der Waals surface area contributed by atoms with Gasteiger partial charge in [-0.25, -0.2) is 0 Å². The van der Waals surface area contributed by atoms with Gasteiger partial charge < -0.3 is 0 Å². The number of fused-ring (bicyclic) bond motifs is 2. The molecule has 0 N–H and O–H groups in total. The second-order valence-corrected chi connectivity index (χ2v) is 8.08. The number of hydrogen-bond acceptors (Lipinski definition) is 7. The molecule has 0 saturated heterocycles. The van der Waals surface area contributed by atoms with Crippen LogP contribution in [0.2, 0.25) is 0 Å². The van der Waals surface area contributed by atoms with Gasteiger partial charge in [-0.3, -0.25) is 9.67 Å². The van der Waals surface area contributed by atoms with Crippen LogP contribution in [-0.4, -0.2) is 34.6 Å². The zero-order valence-electron chi connectivity index (χ0n) is 14.0. The first kappa shape index (κ1) is 15.5. The van der Waals surface area contributed by atoms with Crippen LogP contribution in [0, 0.1) is 6.92 Å². The van der Waals surface area contributed by atoms with Crippen LogP contribution in [0.4, 0.5) is 0 Å². The molecular weight excluding hydrogens is 366 g/mol. The summed E-state index contributed by atoms with van der Waals surface area (Å²) >= 11 is 3.08. The summed E-state index contributed by atoms with van der Waals surface area (Å²) in [5.41, 5.74) is 3.06. The summed E-state index contributed by atoms with van der Waals surface area (Å²) in [4.78, 5) is 6.45. The molecule has 128 valence electrons. The standard InChI is InChI=1S/C17H13N7S2/c1-10-22-24-16(25-10)20-21-17(24)26-14-3-4-15-11(6-14)5-12(7-18-15)13-8-19-23(2)9-13/h3-9H,1-2H3. The Morgan fingerprint density at radius 3 is 2.85 bits per heavy atom. The van der Waals surface area contributed by atoms with Crippen molar-refractivity contribution in [2.45, 2.75) is 17.0 Å². The van der Waals surface area contributed by atoms with E-state index in [1.807, 2.05) is 44.7 Å². The number of aryl methyl sites for hydroxylation is 2. The van der Waals surface area contributed by atoms with Gasteiger partial charge in [0.15, 0.2) is 0 Å². The Labute approximate surface area is 156 Å². The smallest absolute Gasteiger partial charge is 0.235 e. The molecule has 0 spiro atoms. The summed E-state index contributed by atoms with van der Waals surface area (Å²) in [5.74, 6) is 0. The SMILES string of the molecule is Cc1nn2c(Sc3ccc4ncc(-c5cnn(C)c5)cc4c3)nnc2s1. The lowest BCUT2D eigenvalue weighted by Crippen LogP contribution is -1.89. The molecule has 4 aromatic heterocycles. The van der Waals surface area contributed by atoms with Gasteiger partial charge in [0.1, 0.15) is 5.01 Å². The van der Waals surface area contributed by atoms with Gasteiger partial charge in [-0.2, -0.15) is 14.7 Å². The summed E-state index contributed by atoms with van der Waals surface area (Å²) in [5, 5.41) is 19.9. The van der Waals surface area contributed by atoms with E-state index in [-0.39, 0.29) is 0 Å². The number of hydrogen-bond donors (Lipinski definition) is 0. The van der Waals surface area contributed by atoms with E-state index >= 15 is 0 Å². The Morgan fingerprint density at radius 1 is 1.08 bits per heavy atom. The summed E-state index contributed by atoms with van der Waals surface area (Å²) in [6.07, 6.45) is 5.71. The Balaban J connectivity index is 1.53. The van der Waals surface area contributed by atoms with Gasteiger partial charge in [-0.15, -0.1) is 10.2 Å². The largest absolute Gasteiger partial charge is 0.275 e. The summed E-state index contributed by atoms with van der Waals surface area (Å²) in [6.45, 7) is 1.97. The Bertz CT molecular complexity index is 1250. The van der Waals surface area contributed by atoms with Crippen LogP contribution in [0.15, 0.2) is 52.9 Å². The highest BCUT2D eigenvalue weighted by Gasteiger charge is 2.12. The highest BCUT2D eigenvalue weighted by Crippen LogP contribution is 2.31. The van der Waals surface area contributed by atoms with E-state index in [0.29, 0.717) is 0 Å². The summed E-state index contributed by atoms with van der Waals surface area (Å²) in [7, 11) is 1.91. The number of benzene rings is 1. The van der Waals surface area contributed by atoms with Gasteiger partial charge in [0.25, 0.3) is 0 Å². The maximum absolute atomic E-state index is 4.57. The van der Waals surface area contributed by atoms with E-state index in [1.54, 1.807) is 21.0 Å². The molecule has 0 aliphatic carbocycles. The van der Waals surface area contributed by atoms with E-state index < -0.39 is 0 Å². The fourth-order valence-corrected chi connectivity index (χ4v) is 4.33. The van der Waals surface area contributed by atoms with Crippen LogP contribution in [-0.2, 0) is 7.05 Å². The van der Waals surface area contributed by atoms with Crippen molar-refractivity contribution >= 4 is 39.0 Å². The first-order chi connectivity index (χ1) is 12.7. The number of nitrogens with zero attached hydrogens (tertiary/aromatic N) is 7. The normalized spacial score (nSPS) is 11.6. The van der Waals surface area contributed by atoms with Crippen LogP contribution >= 0.6 is 23.1 Å². The van der Waals surface area contributed by atoms with Crippen LogP contribution in [0.5, 0.6) is 0 Å². The van der Waals surface area contributed by atoms with Crippen LogP contribution in [0.3, 0.4) is 0 Å². The second-order valence-electron chi connectivity index (χ2n) is 5.88. The fourth-order valence-electron chi connectivity index (χ4n) is 2.77. The summed E-state index contributed by atoms with van der Waals surface area (Å²) < 4.78 is 3.58. The van der Waals surface area contributed by atoms with Gasteiger partial charge in [0.05, 0.1) is 11.7 Å². The van der Waals surface area contributed by atoms with Gasteiger partial charge >= 0.3 is 0 Å². The average molecular weight is 379 g/mol. The molecule has 0 aliphatic rings. The molecule has 26 heavy (non-hydrogen) atoms. The molecule has 0 saturated carbocycles. The minimum atomic E-state index is 0.764. The predicted molar refractivity (Wildman–Crippen MR) is 101 cm³/mol. The minimum absolute atomic E-state index is 0.764. The Hall–Kier alpha value is -2.78. The van der Waals surface area contributed by atoms with Crippen LogP contribution in [0.1, 0.15) is 5.01 Å². The highest BCUT2D eigenvalue weighted by molar-refractivity contribution is 7.99. The molecule has 0 radical (unpaired) electrons. The molecule has 5 rings (SSSR count). The van der Waals surface area contributed by atoms with Crippen LogP contribution in [0.25, 0.3) is 27.0 Å². The lowest BCUT2D eigenvalue weighted by Gasteiger charge is -2.04. The van der Waals surface area contributed by atoms with Crippen molar-refractivity contribution in [2.24, 2.45) is 7.05 Å². The molecule has 0 amide bonds. The molecule has 1 aromatic carbocycles. The van der Waals surface area contributed by atoms with E-state index in [9.17, 15) is 0 Å². The number of rotatable bonds is 3. The average Bonchev–Trinajstić information content (AvgIpc) is 3.32.